The van der Waals surface area contributed by atoms with Gasteiger partial charge in [-0.3, -0.25) is 4.79 Å². The molecule has 0 saturated heterocycles. The van der Waals surface area contributed by atoms with Crippen LogP contribution in [0.1, 0.15) is 13.8 Å². The summed E-state index contributed by atoms with van der Waals surface area (Å²) >= 11 is 0. The first-order valence-corrected chi connectivity index (χ1v) is 11.9. The van der Waals surface area contributed by atoms with E-state index in [-0.39, 0.29) is 31.6 Å². The van der Waals surface area contributed by atoms with Crippen LogP contribution in [0.2, 0.25) is 0 Å². The number of ketones is 1. The zero-order valence-corrected chi connectivity index (χ0v) is 23.1. The number of fused-ring (bicyclic) bond motifs is 7. The maximum Gasteiger partial charge on any atom is 0.155 e. The molecule has 1 N–H and O–H groups in total. The van der Waals surface area contributed by atoms with E-state index in [9.17, 15) is 4.79 Å². The Bertz CT molecular complexity index is 1800. The minimum Gasteiger partial charge on any atom is -0.512 e. The van der Waals surface area contributed by atoms with Crippen LogP contribution in [0.4, 0.5) is 17.1 Å². The van der Waals surface area contributed by atoms with Crippen LogP contribution in [0.25, 0.3) is 38.1 Å². The van der Waals surface area contributed by atoms with Crippen molar-refractivity contribution < 1.29 is 30.0 Å². The van der Waals surface area contributed by atoms with Gasteiger partial charge in [0.15, 0.2) is 5.78 Å². The smallest absolute Gasteiger partial charge is 0.155 e. The molecular weight excluding hydrogens is 639 g/mol. The Morgan fingerprint density at radius 1 is 0.865 bits per heavy atom. The van der Waals surface area contributed by atoms with Crippen LogP contribution >= 0.6 is 0 Å². The Hall–Kier alpha value is -3.86. The molecule has 37 heavy (non-hydrogen) atoms. The summed E-state index contributed by atoms with van der Waals surface area (Å²) in [6.45, 7) is 5.01. The summed E-state index contributed by atoms with van der Waals surface area (Å²) in [5.74, 6) is -0.0625. The number of carbonyl (C=O) groups is 1. The summed E-state index contributed by atoms with van der Waals surface area (Å²) in [6, 6.07) is 31.7. The molecule has 0 fully saturated rings. The Labute approximate surface area is 228 Å². The summed E-state index contributed by atoms with van der Waals surface area (Å²) in [4.78, 5) is 14.5. The van der Waals surface area contributed by atoms with Gasteiger partial charge < -0.3 is 19.3 Å². The van der Waals surface area contributed by atoms with Crippen LogP contribution in [-0.2, 0) is 24.9 Å². The fourth-order valence-corrected chi connectivity index (χ4v) is 5.29. The Morgan fingerprint density at radius 3 is 2.11 bits per heavy atom. The molecule has 6 aromatic rings. The summed E-state index contributed by atoms with van der Waals surface area (Å²) in [7, 11) is 2.10. The molecule has 0 aliphatic carbocycles. The molecule has 4 aromatic carbocycles. The molecular formula is C31H25IrN3O2-2. The topological polar surface area (TPSA) is 48.2 Å². The second-order valence-corrected chi connectivity index (χ2v) is 9.13. The number of benzene rings is 4. The fraction of sp³-hybridized carbons (Fsp3) is 0.0968. The standard InChI is InChI=1S/C26H17N3.C5H8O2.Ir/c1-27-16-28(23-13-7-6-12-22(23)27)24-15-14-18-17-8-2-4-10-20(17)29-21-11-5-3-9-19(21)25(24)26(18)29;1-4(6)3-5(2)7;/h2-14,16H,1H3;3,6H,1-2H3;/q-2;;/b;4-3-;. The number of aliphatic hydroxyl groups is 1. The van der Waals surface area contributed by atoms with Crippen LogP contribution in [-0.4, -0.2) is 22.3 Å². The minimum atomic E-state index is -0.125. The Morgan fingerprint density at radius 2 is 1.46 bits per heavy atom. The largest absolute Gasteiger partial charge is 0.512 e. The molecule has 0 atom stereocenters. The Kier molecular flexibility index (Phi) is 6.40. The summed E-state index contributed by atoms with van der Waals surface area (Å²) in [5.41, 5.74) is 7.27. The van der Waals surface area contributed by atoms with E-state index in [0.717, 1.165) is 5.69 Å². The van der Waals surface area contributed by atoms with E-state index in [2.05, 4.69) is 113 Å². The molecule has 6 heteroatoms. The number of aliphatic hydroxyl groups excluding tert-OH is 1. The van der Waals surface area contributed by atoms with E-state index in [1.165, 1.54) is 69.4 Å². The molecule has 1 radical (unpaired) electrons. The second-order valence-electron chi connectivity index (χ2n) is 9.13. The maximum absolute atomic E-state index is 10.0. The molecule has 5 nitrogen and oxygen atoms in total. The van der Waals surface area contributed by atoms with Crippen LogP contribution in [0, 0.1) is 12.7 Å². The average molecular weight is 664 g/mol. The number of rotatable bonds is 2. The zero-order valence-electron chi connectivity index (χ0n) is 20.7. The summed E-state index contributed by atoms with van der Waals surface area (Å²) in [6.07, 6.45) is 1.17. The van der Waals surface area contributed by atoms with Crippen molar-refractivity contribution >= 4 is 60.9 Å². The molecule has 0 unspecified atom stereocenters. The van der Waals surface area contributed by atoms with Gasteiger partial charge in [-0.15, -0.1) is 5.39 Å². The van der Waals surface area contributed by atoms with Crippen molar-refractivity contribution in [2.75, 3.05) is 16.8 Å². The van der Waals surface area contributed by atoms with Gasteiger partial charge in [0.05, 0.1) is 5.76 Å². The first kappa shape index (κ1) is 24.8. The van der Waals surface area contributed by atoms with Gasteiger partial charge >= 0.3 is 0 Å². The summed E-state index contributed by atoms with van der Waals surface area (Å²) < 4.78 is 2.42. The van der Waals surface area contributed by atoms with E-state index >= 15 is 0 Å². The van der Waals surface area contributed by atoms with Crippen molar-refractivity contribution in [1.29, 1.82) is 0 Å². The van der Waals surface area contributed by atoms with E-state index in [0.29, 0.717) is 0 Å². The maximum atomic E-state index is 10.0. The van der Waals surface area contributed by atoms with Gasteiger partial charge in [-0.1, -0.05) is 59.6 Å². The molecule has 0 saturated carbocycles. The van der Waals surface area contributed by atoms with Crippen molar-refractivity contribution in [1.82, 2.24) is 4.40 Å². The third-order valence-electron chi connectivity index (χ3n) is 6.62. The van der Waals surface area contributed by atoms with E-state index in [1.54, 1.807) is 0 Å². The molecule has 0 spiro atoms. The fourth-order valence-electron chi connectivity index (χ4n) is 5.29. The van der Waals surface area contributed by atoms with Crippen LogP contribution in [0.3, 0.4) is 0 Å². The van der Waals surface area contributed by atoms with E-state index < -0.39 is 0 Å². The monoisotopic (exact) mass is 664 g/mol. The quantitative estimate of drug-likeness (QED) is 0.119. The number of allylic oxidation sites excluding steroid dienone is 2. The molecule has 187 valence electrons. The Balaban J connectivity index is 0.000000313. The van der Waals surface area contributed by atoms with Crippen molar-refractivity contribution in [3.8, 4) is 0 Å². The molecule has 0 amide bonds. The van der Waals surface area contributed by atoms with Crippen molar-refractivity contribution in [3.05, 3.63) is 103 Å². The first-order valence-electron chi connectivity index (χ1n) is 11.9. The van der Waals surface area contributed by atoms with E-state index in [1.807, 2.05) is 0 Å². The molecule has 7 rings (SSSR count). The molecule has 0 bridgehead atoms. The predicted molar refractivity (Wildman–Crippen MR) is 148 cm³/mol. The molecule has 3 heterocycles. The number of aromatic nitrogens is 1. The second kappa shape index (κ2) is 9.55. The number of hydrogen-bond acceptors (Lipinski definition) is 4. The number of carbonyl (C=O) groups excluding carboxylic acids is 1. The number of anilines is 3. The van der Waals surface area contributed by atoms with Gasteiger partial charge in [-0.25, -0.2) is 0 Å². The van der Waals surface area contributed by atoms with E-state index in [4.69, 9.17) is 5.11 Å². The van der Waals surface area contributed by atoms with Gasteiger partial charge in [-0.2, -0.15) is 18.8 Å². The van der Waals surface area contributed by atoms with Crippen molar-refractivity contribution in [3.63, 3.8) is 0 Å². The van der Waals surface area contributed by atoms with Gasteiger partial charge in [0, 0.05) is 48.6 Å². The third-order valence-corrected chi connectivity index (χ3v) is 6.62. The van der Waals surface area contributed by atoms with Crippen LogP contribution in [0.5, 0.6) is 0 Å². The van der Waals surface area contributed by atoms with Crippen molar-refractivity contribution in [2.24, 2.45) is 0 Å². The normalized spacial score (nSPS) is 13.2. The first-order chi connectivity index (χ1) is 17.5. The number of nitrogens with zero attached hydrogens (tertiary/aromatic N) is 3. The van der Waals surface area contributed by atoms with Crippen LogP contribution < -0.4 is 9.80 Å². The average Bonchev–Trinajstić information content (AvgIpc) is 3.50. The minimum absolute atomic E-state index is 0. The zero-order chi connectivity index (χ0) is 25.0. The van der Waals surface area contributed by atoms with Gasteiger partial charge in [0.25, 0.3) is 0 Å². The third kappa shape index (κ3) is 3.93. The molecule has 2 aromatic heterocycles. The van der Waals surface area contributed by atoms with Gasteiger partial charge in [0.1, 0.15) is 0 Å². The van der Waals surface area contributed by atoms with Crippen LogP contribution in [0.15, 0.2) is 90.7 Å². The number of para-hydroxylation sites is 4. The molecule has 1 aliphatic heterocycles. The van der Waals surface area contributed by atoms with Gasteiger partial charge in [0.2, 0.25) is 0 Å². The predicted octanol–water partition coefficient (Wildman–Crippen LogP) is 7.38. The van der Waals surface area contributed by atoms with Crippen molar-refractivity contribution in [2.45, 2.75) is 13.8 Å². The SMILES string of the molecule is CC(=O)/C=C(/C)O.CN1[CH-]N(c2[c-]cc3c4ccccc4n4c5ccccc5c2c34)c2ccccc21.[Ir]. The van der Waals surface area contributed by atoms with Gasteiger partial charge in [-0.05, 0) is 61.4 Å². The number of hydrogen-bond donors (Lipinski definition) is 1. The molecule has 1 aliphatic rings. The summed E-state index contributed by atoms with van der Waals surface area (Å²) in [5, 5.41) is 13.4.